The van der Waals surface area contributed by atoms with E-state index in [1.165, 1.54) is 51.4 Å². The number of ether oxygens (including phenoxy) is 1. The molecule has 102 valence electrons. The zero-order valence-corrected chi connectivity index (χ0v) is 13.7. The monoisotopic (exact) mass is 258 g/mol. The first kappa shape index (κ1) is 16.9. The fourth-order valence-electron chi connectivity index (χ4n) is 1.84. The average Bonchev–Trinajstić information content (AvgIpc) is 2.33. The highest BCUT2D eigenvalue weighted by atomic mass is 28.2. The maximum absolute atomic E-state index is 5.63. The third-order valence-corrected chi connectivity index (χ3v) is 3.37. The Morgan fingerprint density at radius 3 is 2.35 bits per heavy atom. The van der Waals surface area contributed by atoms with Crippen LogP contribution >= 0.6 is 0 Å². The number of hydrogen-bond acceptors (Lipinski definition) is 2. The van der Waals surface area contributed by atoms with Crippen LogP contribution in [0, 0.1) is 0 Å². The van der Waals surface area contributed by atoms with Gasteiger partial charge in [-0.1, -0.05) is 38.2 Å². The van der Waals surface area contributed by atoms with Gasteiger partial charge in [0.1, 0.15) is 10.5 Å². The van der Waals surface area contributed by atoms with E-state index in [0.717, 1.165) is 23.7 Å². The Labute approximate surface area is 110 Å². The Hall–Kier alpha value is -0.123. The first-order valence-corrected chi connectivity index (χ1v) is 7.84. The summed E-state index contributed by atoms with van der Waals surface area (Å²) in [6, 6.07) is 0. The predicted molar refractivity (Wildman–Crippen MR) is 78.4 cm³/mol. The molecule has 0 bridgehead atoms. The van der Waals surface area contributed by atoms with Crippen molar-refractivity contribution in [1.29, 1.82) is 0 Å². The number of unbranched alkanes of at least 4 members (excludes halogenated alkanes) is 6. The lowest BCUT2D eigenvalue weighted by Gasteiger charge is -2.12. The summed E-state index contributed by atoms with van der Waals surface area (Å²) in [5.41, 5.74) is 0. The summed E-state index contributed by atoms with van der Waals surface area (Å²) in [5.74, 6) is 0. The minimum atomic E-state index is 0.396. The molecule has 0 aromatic rings. The summed E-state index contributed by atoms with van der Waals surface area (Å²) in [6.45, 7) is 7.42. The summed E-state index contributed by atoms with van der Waals surface area (Å²) < 4.78 is 10.7. The molecule has 1 unspecified atom stereocenters. The van der Waals surface area contributed by atoms with Crippen molar-refractivity contribution in [2.24, 2.45) is 0 Å². The lowest BCUT2D eigenvalue weighted by molar-refractivity contribution is 0.0400. The third kappa shape index (κ3) is 13.8. The van der Waals surface area contributed by atoms with Crippen LogP contribution in [0.15, 0.2) is 12.7 Å². The van der Waals surface area contributed by atoms with Crippen LogP contribution in [0.5, 0.6) is 0 Å². The van der Waals surface area contributed by atoms with Crippen molar-refractivity contribution >= 4 is 10.5 Å². The van der Waals surface area contributed by atoms with Gasteiger partial charge in [-0.3, -0.25) is 0 Å². The third-order valence-electron chi connectivity index (χ3n) is 2.96. The van der Waals surface area contributed by atoms with Crippen LogP contribution in [0.25, 0.3) is 0 Å². The van der Waals surface area contributed by atoms with Crippen molar-refractivity contribution in [2.45, 2.75) is 64.4 Å². The van der Waals surface area contributed by atoms with Crippen molar-refractivity contribution in [3.05, 3.63) is 12.7 Å². The molecule has 1 atom stereocenters. The lowest BCUT2D eigenvalue weighted by atomic mass is 10.1. The number of rotatable bonds is 13. The zero-order valence-electron chi connectivity index (χ0n) is 11.7. The van der Waals surface area contributed by atoms with E-state index in [1.807, 2.05) is 6.08 Å². The highest BCUT2D eigenvalue weighted by Gasteiger charge is 2.01. The SMILES string of the molecule is C=CCCCCCCCCC(C)OCCO[SiH3]. The van der Waals surface area contributed by atoms with E-state index >= 15 is 0 Å². The van der Waals surface area contributed by atoms with E-state index in [4.69, 9.17) is 9.16 Å². The molecular weight excluding hydrogens is 228 g/mol. The van der Waals surface area contributed by atoms with Crippen LogP contribution in [0.2, 0.25) is 0 Å². The van der Waals surface area contributed by atoms with Crippen LogP contribution in [0.4, 0.5) is 0 Å². The molecule has 0 heterocycles. The van der Waals surface area contributed by atoms with E-state index in [-0.39, 0.29) is 0 Å². The molecule has 0 saturated carbocycles. The zero-order chi connectivity index (χ0) is 12.8. The van der Waals surface area contributed by atoms with Crippen LogP contribution < -0.4 is 0 Å². The first-order chi connectivity index (χ1) is 8.31. The molecule has 17 heavy (non-hydrogen) atoms. The second-order valence-corrected chi connectivity index (χ2v) is 5.24. The Morgan fingerprint density at radius 1 is 1.06 bits per heavy atom. The van der Waals surface area contributed by atoms with Gasteiger partial charge in [0.25, 0.3) is 0 Å². The van der Waals surface area contributed by atoms with E-state index in [1.54, 1.807) is 0 Å². The topological polar surface area (TPSA) is 18.5 Å². The molecule has 0 aromatic heterocycles. The van der Waals surface area contributed by atoms with Gasteiger partial charge >= 0.3 is 0 Å². The average molecular weight is 258 g/mol. The van der Waals surface area contributed by atoms with Gasteiger partial charge in [-0.05, 0) is 26.2 Å². The molecule has 0 aliphatic carbocycles. The van der Waals surface area contributed by atoms with E-state index in [9.17, 15) is 0 Å². The van der Waals surface area contributed by atoms with E-state index in [0.29, 0.717) is 6.10 Å². The molecule has 0 aliphatic rings. The van der Waals surface area contributed by atoms with Crippen LogP contribution in [0.1, 0.15) is 58.3 Å². The van der Waals surface area contributed by atoms with Crippen molar-refractivity contribution in [3.8, 4) is 0 Å². The maximum Gasteiger partial charge on any atom is 0.146 e. The van der Waals surface area contributed by atoms with Gasteiger partial charge < -0.3 is 9.16 Å². The normalized spacial score (nSPS) is 12.8. The Kier molecular flexibility index (Phi) is 13.8. The quantitative estimate of drug-likeness (QED) is 0.287. The van der Waals surface area contributed by atoms with Crippen LogP contribution in [0.3, 0.4) is 0 Å². The molecular formula is C14H30O2Si. The molecule has 0 saturated heterocycles. The lowest BCUT2D eigenvalue weighted by Crippen LogP contribution is -2.12. The molecule has 2 nitrogen and oxygen atoms in total. The smallest absolute Gasteiger partial charge is 0.146 e. The minimum absolute atomic E-state index is 0.396. The molecule has 0 fully saturated rings. The molecule has 0 spiro atoms. The van der Waals surface area contributed by atoms with Crippen molar-refractivity contribution in [1.82, 2.24) is 0 Å². The first-order valence-electron chi connectivity index (χ1n) is 7.02. The molecule has 0 amide bonds. The molecule has 0 rings (SSSR count). The summed E-state index contributed by atoms with van der Waals surface area (Å²) in [6.07, 6.45) is 12.8. The summed E-state index contributed by atoms with van der Waals surface area (Å²) >= 11 is 0. The Bertz CT molecular complexity index is 162. The second-order valence-electron chi connectivity index (χ2n) is 4.66. The van der Waals surface area contributed by atoms with Gasteiger partial charge in [-0.15, -0.1) is 6.58 Å². The van der Waals surface area contributed by atoms with Gasteiger partial charge in [-0.2, -0.15) is 0 Å². The molecule has 0 radical (unpaired) electrons. The standard InChI is InChI=1S/C14H30O2Si/c1-3-4-5-6-7-8-9-10-11-14(2)15-12-13-16-17/h3,14H,1,4-13H2,2,17H3. The summed E-state index contributed by atoms with van der Waals surface area (Å²) in [5, 5.41) is 0. The largest absolute Gasteiger partial charge is 0.426 e. The van der Waals surface area contributed by atoms with Gasteiger partial charge in [0.15, 0.2) is 0 Å². The molecule has 0 aliphatic heterocycles. The molecule has 0 aromatic carbocycles. The Balaban J connectivity index is 3.08. The minimum Gasteiger partial charge on any atom is -0.426 e. The molecule has 3 heteroatoms. The summed E-state index contributed by atoms with van der Waals surface area (Å²) in [7, 11) is 0.817. The second kappa shape index (κ2) is 13.9. The van der Waals surface area contributed by atoms with Gasteiger partial charge in [0.2, 0.25) is 0 Å². The van der Waals surface area contributed by atoms with Crippen LogP contribution in [-0.2, 0) is 9.16 Å². The highest BCUT2D eigenvalue weighted by molar-refractivity contribution is 5.97. The van der Waals surface area contributed by atoms with E-state index < -0.39 is 0 Å². The van der Waals surface area contributed by atoms with Gasteiger partial charge in [0, 0.05) is 0 Å². The maximum atomic E-state index is 5.63. The van der Waals surface area contributed by atoms with Crippen molar-refractivity contribution in [3.63, 3.8) is 0 Å². The van der Waals surface area contributed by atoms with E-state index in [2.05, 4.69) is 13.5 Å². The van der Waals surface area contributed by atoms with Crippen molar-refractivity contribution in [2.75, 3.05) is 13.2 Å². The predicted octanol–water partition coefficient (Wildman–Crippen LogP) is 3.00. The number of hydrogen-bond donors (Lipinski definition) is 0. The fourth-order valence-corrected chi connectivity index (χ4v) is 2.01. The highest BCUT2D eigenvalue weighted by Crippen LogP contribution is 2.11. The van der Waals surface area contributed by atoms with Gasteiger partial charge in [-0.25, -0.2) is 0 Å². The van der Waals surface area contributed by atoms with Gasteiger partial charge in [0.05, 0.1) is 19.3 Å². The Morgan fingerprint density at radius 2 is 1.71 bits per heavy atom. The molecule has 0 N–H and O–H groups in total. The van der Waals surface area contributed by atoms with Crippen LogP contribution in [-0.4, -0.2) is 29.8 Å². The fraction of sp³-hybridized carbons (Fsp3) is 0.857. The summed E-state index contributed by atoms with van der Waals surface area (Å²) in [4.78, 5) is 0. The van der Waals surface area contributed by atoms with Crippen molar-refractivity contribution < 1.29 is 9.16 Å². The number of allylic oxidation sites excluding steroid dienone is 1.